The summed E-state index contributed by atoms with van der Waals surface area (Å²) >= 11 is 0. The second kappa shape index (κ2) is 2.20. The van der Waals surface area contributed by atoms with Crippen molar-refractivity contribution in [1.29, 1.82) is 0 Å². The van der Waals surface area contributed by atoms with Gasteiger partial charge >= 0.3 is 11.6 Å². The summed E-state index contributed by atoms with van der Waals surface area (Å²) in [6.07, 6.45) is 0. The van der Waals surface area contributed by atoms with E-state index in [9.17, 15) is 26.3 Å². The monoisotopic (exact) mass is 168 g/mol. The first-order valence-corrected chi connectivity index (χ1v) is 3.26. The lowest BCUT2D eigenvalue weighted by atomic mass is 11.5. The lowest BCUT2D eigenvalue weighted by molar-refractivity contribution is -0.0955. The number of halogens is 6. The maximum atomic E-state index is 10.9. The third kappa shape index (κ3) is 7.80. The first-order valence-electron chi connectivity index (χ1n) is 1.84. The van der Waals surface area contributed by atoms with Gasteiger partial charge in [0, 0.05) is 0 Å². The average molecular weight is 168 g/mol. The molecule has 0 aromatic heterocycles. The molecule has 0 nitrogen and oxygen atoms in total. The average Bonchev–Trinajstić information content (AvgIpc) is 1.14. The van der Waals surface area contributed by atoms with E-state index in [4.69, 9.17) is 0 Å². The second-order valence-electron chi connectivity index (χ2n) is 1.41. The van der Waals surface area contributed by atoms with Crippen LogP contribution in [-0.4, -0.2) is 21.1 Å². The molecule has 0 spiro atoms. The zero-order valence-electron chi connectivity index (χ0n) is 3.97. The molecule has 0 unspecified atom stereocenters. The predicted molar refractivity (Wildman–Crippen MR) is 20.7 cm³/mol. The Bertz CT molecular complexity index is 76.2. The van der Waals surface area contributed by atoms with Crippen LogP contribution in [0.3, 0.4) is 0 Å². The maximum absolute atomic E-state index is 10.9. The quantitative estimate of drug-likeness (QED) is 0.376. The van der Waals surface area contributed by atoms with Crippen molar-refractivity contribution in [2.75, 3.05) is 0 Å². The summed E-state index contributed by atoms with van der Waals surface area (Å²) in [5, 5.41) is 0. The minimum Gasteiger partial charge on any atom is -0.177 e. The fourth-order valence-corrected chi connectivity index (χ4v) is 0.682. The first-order chi connectivity index (χ1) is 3.71. The highest BCUT2D eigenvalue weighted by Gasteiger charge is 2.44. The molecule has 56 valence electrons. The minimum atomic E-state index is -5.00. The highest BCUT2D eigenvalue weighted by atomic mass is 28.2. The van der Waals surface area contributed by atoms with Gasteiger partial charge in [0.2, 0.25) is 0 Å². The Labute approximate surface area is 48.7 Å². The highest BCUT2D eigenvalue weighted by Crippen LogP contribution is 2.23. The van der Waals surface area contributed by atoms with Crippen LogP contribution in [0.4, 0.5) is 26.3 Å². The molecular formula is C2H2F6Si. The molecule has 0 bridgehead atoms. The fraction of sp³-hybridized carbons (Fsp3) is 1.00. The standard InChI is InChI=1S/C2H2F6Si/c3-1(4,5)9-2(6,7)8/h9H2. The van der Waals surface area contributed by atoms with Gasteiger partial charge in [-0.2, -0.15) is 26.3 Å². The Morgan fingerprint density at radius 2 is 0.889 bits per heavy atom. The Morgan fingerprint density at radius 1 is 0.667 bits per heavy atom. The van der Waals surface area contributed by atoms with Crippen molar-refractivity contribution in [3.8, 4) is 0 Å². The van der Waals surface area contributed by atoms with Crippen LogP contribution in [0.5, 0.6) is 0 Å². The van der Waals surface area contributed by atoms with Crippen LogP contribution in [0, 0.1) is 0 Å². The molecule has 0 N–H and O–H groups in total. The van der Waals surface area contributed by atoms with Crippen LogP contribution in [0.15, 0.2) is 0 Å². The Morgan fingerprint density at radius 3 is 0.889 bits per heavy atom. The van der Waals surface area contributed by atoms with Crippen LogP contribution < -0.4 is 0 Å². The van der Waals surface area contributed by atoms with Gasteiger partial charge in [0.25, 0.3) is 9.52 Å². The summed E-state index contributed by atoms with van der Waals surface area (Å²) < 4.78 is 65.4. The van der Waals surface area contributed by atoms with E-state index in [1.54, 1.807) is 0 Å². The largest absolute Gasteiger partial charge is 0.365 e. The van der Waals surface area contributed by atoms with Crippen molar-refractivity contribution in [3.63, 3.8) is 0 Å². The molecule has 0 aromatic carbocycles. The molecule has 0 atom stereocenters. The van der Waals surface area contributed by atoms with E-state index >= 15 is 0 Å². The molecule has 7 heteroatoms. The second-order valence-corrected chi connectivity index (χ2v) is 3.36. The SMILES string of the molecule is FC(F)(F)[SiH2]C(F)(F)F. The van der Waals surface area contributed by atoms with Gasteiger partial charge in [0.1, 0.15) is 0 Å². The molecule has 0 aliphatic heterocycles. The maximum Gasteiger partial charge on any atom is 0.365 e. The minimum absolute atomic E-state index is 3.91. The van der Waals surface area contributed by atoms with E-state index in [0.29, 0.717) is 0 Å². The smallest absolute Gasteiger partial charge is 0.177 e. The van der Waals surface area contributed by atoms with Gasteiger partial charge in [0.05, 0.1) is 0 Å². The van der Waals surface area contributed by atoms with Crippen molar-refractivity contribution < 1.29 is 26.3 Å². The van der Waals surface area contributed by atoms with E-state index < -0.39 is 21.1 Å². The van der Waals surface area contributed by atoms with Gasteiger partial charge in [-0.15, -0.1) is 0 Å². The molecule has 0 saturated carbocycles. The molecule has 0 saturated heterocycles. The van der Waals surface area contributed by atoms with Gasteiger partial charge in [-0.05, 0) is 0 Å². The molecule has 0 aliphatic carbocycles. The van der Waals surface area contributed by atoms with E-state index in [2.05, 4.69) is 0 Å². The Kier molecular flexibility index (Phi) is 2.15. The molecule has 0 aliphatic rings. The van der Waals surface area contributed by atoms with Gasteiger partial charge in [-0.1, -0.05) is 0 Å². The zero-order valence-corrected chi connectivity index (χ0v) is 5.39. The molecule has 0 heterocycles. The topological polar surface area (TPSA) is 0 Å². The number of alkyl halides is 6. The van der Waals surface area contributed by atoms with E-state index in [1.165, 1.54) is 0 Å². The summed E-state index contributed by atoms with van der Waals surface area (Å²) in [5.74, 6) is -10.0. The van der Waals surface area contributed by atoms with Gasteiger partial charge in [-0.25, -0.2) is 0 Å². The van der Waals surface area contributed by atoms with Crippen LogP contribution in [-0.2, 0) is 0 Å². The van der Waals surface area contributed by atoms with Crippen molar-refractivity contribution in [1.82, 2.24) is 0 Å². The summed E-state index contributed by atoms with van der Waals surface area (Å²) in [7, 11) is -3.91. The van der Waals surface area contributed by atoms with Gasteiger partial charge < -0.3 is 0 Å². The van der Waals surface area contributed by atoms with Gasteiger partial charge in [0.15, 0.2) is 0 Å². The van der Waals surface area contributed by atoms with Crippen molar-refractivity contribution in [2.24, 2.45) is 0 Å². The van der Waals surface area contributed by atoms with Crippen LogP contribution in [0.2, 0.25) is 0 Å². The molecular weight excluding hydrogens is 166 g/mol. The van der Waals surface area contributed by atoms with Crippen molar-refractivity contribution >= 4 is 9.52 Å². The summed E-state index contributed by atoms with van der Waals surface area (Å²) in [6.45, 7) is 0. The van der Waals surface area contributed by atoms with E-state index in [0.717, 1.165) is 0 Å². The molecule has 0 aromatic rings. The van der Waals surface area contributed by atoms with Crippen LogP contribution in [0.1, 0.15) is 0 Å². The molecule has 9 heavy (non-hydrogen) atoms. The van der Waals surface area contributed by atoms with Crippen LogP contribution >= 0.6 is 0 Å². The Balaban J connectivity index is 3.75. The molecule has 0 radical (unpaired) electrons. The summed E-state index contributed by atoms with van der Waals surface area (Å²) in [6, 6.07) is 0. The number of hydrogen-bond acceptors (Lipinski definition) is 0. The lowest BCUT2D eigenvalue weighted by Gasteiger charge is -2.07. The zero-order chi connectivity index (χ0) is 7.71. The Hall–Kier alpha value is -0.203. The third-order valence-electron chi connectivity index (χ3n) is 0.401. The van der Waals surface area contributed by atoms with E-state index in [-0.39, 0.29) is 0 Å². The molecule has 0 rings (SSSR count). The summed E-state index contributed by atoms with van der Waals surface area (Å²) in [5.41, 5.74) is 0. The van der Waals surface area contributed by atoms with Crippen molar-refractivity contribution in [2.45, 2.75) is 11.6 Å². The highest BCUT2D eigenvalue weighted by molar-refractivity contribution is 6.40. The van der Waals surface area contributed by atoms with Crippen LogP contribution in [0.25, 0.3) is 0 Å². The first kappa shape index (κ1) is 8.80. The molecule has 0 fully saturated rings. The lowest BCUT2D eigenvalue weighted by Crippen LogP contribution is -2.32. The van der Waals surface area contributed by atoms with E-state index in [1.807, 2.05) is 0 Å². The van der Waals surface area contributed by atoms with Gasteiger partial charge in [-0.3, -0.25) is 0 Å². The van der Waals surface area contributed by atoms with Crippen molar-refractivity contribution in [3.05, 3.63) is 0 Å². The normalized spacial score (nSPS) is 14.0. The number of hydrogen-bond donors (Lipinski definition) is 0. The third-order valence-corrected chi connectivity index (χ3v) is 1.20. The molecule has 0 amide bonds. The summed E-state index contributed by atoms with van der Waals surface area (Å²) in [4.78, 5) is 0. The fourth-order valence-electron chi connectivity index (χ4n) is 0.227. The number of rotatable bonds is 0. The predicted octanol–water partition coefficient (Wildman–Crippen LogP) is 1.19.